The van der Waals surface area contributed by atoms with Crippen LogP contribution in [0.5, 0.6) is 0 Å². The molecule has 0 bridgehead atoms. The minimum atomic E-state index is -3.27. The molecule has 194 valence electrons. The van der Waals surface area contributed by atoms with Crippen molar-refractivity contribution < 1.29 is 28.3 Å². The zero-order chi connectivity index (χ0) is 25.8. The highest BCUT2D eigenvalue weighted by Crippen LogP contribution is 2.60. The van der Waals surface area contributed by atoms with E-state index in [1.807, 2.05) is 19.1 Å². The standard InChI is InChI=1S/C24H32FN5O5Si/c1-15-21(36(3,4)25)20(7-9-29-14-16(8-11-31)26-27-29)35-24(15)18-13-17(30-10-12-34-23(30)33)5-6-19(18)28(2)22(24)32/h5-6,13-15,20-21,31H,7-12H2,1-4H3/t15-,20+,21-,24+/m0/s1. The number of benzene rings is 1. The molecule has 2 amide bonds. The average molecular weight is 518 g/mol. The summed E-state index contributed by atoms with van der Waals surface area (Å²) in [5.74, 6) is -0.630. The third-order valence-electron chi connectivity index (χ3n) is 7.74. The number of anilines is 2. The number of hydrogen-bond donors (Lipinski definition) is 1. The molecule has 1 N–H and O–H groups in total. The van der Waals surface area contributed by atoms with Crippen LogP contribution in [0.15, 0.2) is 24.4 Å². The maximum absolute atomic E-state index is 15.8. The highest BCUT2D eigenvalue weighted by Gasteiger charge is 2.66. The molecule has 3 aliphatic heterocycles. The van der Waals surface area contributed by atoms with E-state index in [2.05, 4.69) is 10.3 Å². The van der Waals surface area contributed by atoms with Gasteiger partial charge in [0.25, 0.3) is 5.91 Å². The summed E-state index contributed by atoms with van der Waals surface area (Å²) in [4.78, 5) is 29.1. The van der Waals surface area contributed by atoms with E-state index in [0.717, 1.165) is 0 Å². The highest BCUT2D eigenvalue weighted by molar-refractivity contribution is 6.72. The van der Waals surface area contributed by atoms with Crippen LogP contribution in [0.4, 0.5) is 20.3 Å². The van der Waals surface area contributed by atoms with Gasteiger partial charge in [-0.1, -0.05) is 12.1 Å². The average Bonchev–Trinajstić information content (AvgIpc) is 3.57. The van der Waals surface area contributed by atoms with Gasteiger partial charge in [-0.3, -0.25) is 14.4 Å². The lowest BCUT2D eigenvalue weighted by Crippen LogP contribution is -2.44. The van der Waals surface area contributed by atoms with Gasteiger partial charge in [0.05, 0.1) is 24.0 Å². The summed E-state index contributed by atoms with van der Waals surface area (Å²) in [6.45, 7) is 6.41. The molecule has 12 heteroatoms. The number of aliphatic hydroxyl groups is 1. The predicted molar refractivity (Wildman–Crippen MR) is 132 cm³/mol. The van der Waals surface area contributed by atoms with E-state index in [1.54, 1.807) is 42.0 Å². The van der Waals surface area contributed by atoms with Crippen molar-refractivity contribution in [3.8, 4) is 0 Å². The van der Waals surface area contributed by atoms with Crippen molar-refractivity contribution in [2.24, 2.45) is 5.92 Å². The summed E-state index contributed by atoms with van der Waals surface area (Å²) >= 11 is 0. The number of amides is 2. The number of aromatic nitrogens is 3. The van der Waals surface area contributed by atoms with Gasteiger partial charge in [0.15, 0.2) is 5.60 Å². The molecule has 4 heterocycles. The summed E-state index contributed by atoms with van der Waals surface area (Å²) in [5, 5.41) is 17.3. The van der Waals surface area contributed by atoms with Gasteiger partial charge in [-0.05, 0) is 37.7 Å². The van der Waals surface area contributed by atoms with Crippen LogP contribution in [0.3, 0.4) is 0 Å². The number of carbonyl (C=O) groups excluding carboxylic acids is 2. The number of nitrogens with zero attached hydrogens (tertiary/aromatic N) is 5. The lowest BCUT2D eigenvalue weighted by Gasteiger charge is -2.31. The number of hydrogen-bond acceptors (Lipinski definition) is 7. The van der Waals surface area contributed by atoms with E-state index in [9.17, 15) is 9.59 Å². The summed E-state index contributed by atoms with van der Waals surface area (Å²) in [7, 11) is -1.57. The first-order chi connectivity index (χ1) is 17.1. The van der Waals surface area contributed by atoms with Crippen molar-refractivity contribution in [2.75, 3.05) is 36.6 Å². The number of fused-ring (bicyclic) bond motifs is 2. The van der Waals surface area contributed by atoms with Crippen molar-refractivity contribution in [3.05, 3.63) is 35.7 Å². The third-order valence-corrected chi connectivity index (χ3v) is 10.2. The summed E-state index contributed by atoms with van der Waals surface area (Å²) in [6, 6.07) is 5.44. The van der Waals surface area contributed by atoms with E-state index < -0.39 is 37.7 Å². The van der Waals surface area contributed by atoms with Crippen LogP contribution in [0.25, 0.3) is 0 Å². The number of cyclic esters (lactones) is 1. The largest absolute Gasteiger partial charge is 0.447 e. The predicted octanol–water partition coefficient (Wildman–Crippen LogP) is 2.61. The number of ether oxygens (including phenoxy) is 2. The molecular weight excluding hydrogens is 485 g/mol. The fourth-order valence-corrected chi connectivity index (χ4v) is 8.69. The molecule has 1 aromatic heterocycles. The van der Waals surface area contributed by atoms with E-state index in [-0.39, 0.29) is 12.5 Å². The Labute approximate surface area is 210 Å². The maximum Gasteiger partial charge on any atom is 0.414 e. The van der Waals surface area contributed by atoms with Crippen LogP contribution in [-0.2, 0) is 32.8 Å². The molecule has 2 saturated heterocycles. The summed E-state index contributed by atoms with van der Waals surface area (Å²) in [5.41, 5.74) is 0.912. The zero-order valence-electron chi connectivity index (χ0n) is 21.0. The fourth-order valence-electron chi connectivity index (χ4n) is 6.14. The van der Waals surface area contributed by atoms with Gasteiger partial charge >= 0.3 is 6.09 Å². The minimum Gasteiger partial charge on any atom is -0.447 e. The first-order valence-electron chi connectivity index (χ1n) is 12.3. The molecule has 0 saturated carbocycles. The highest BCUT2D eigenvalue weighted by atomic mass is 28.4. The fraction of sp³-hybridized carbons (Fsp3) is 0.583. The topological polar surface area (TPSA) is 110 Å². The lowest BCUT2D eigenvalue weighted by molar-refractivity contribution is -0.145. The Bertz CT molecular complexity index is 1190. The molecule has 2 fully saturated rings. The van der Waals surface area contributed by atoms with Crippen molar-refractivity contribution >= 4 is 31.8 Å². The quantitative estimate of drug-likeness (QED) is 0.444. The Morgan fingerprint density at radius 1 is 1.31 bits per heavy atom. The van der Waals surface area contributed by atoms with E-state index in [1.165, 1.54) is 4.90 Å². The lowest BCUT2D eigenvalue weighted by atomic mass is 9.82. The van der Waals surface area contributed by atoms with Crippen molar-refractivity contribution in [1.29, 1.82) is 0 Å². The van der Waals surface area contributed by atoms with Crippen LogP contribution in [0, 0.1) is 5.92 Å². The Morgan fingerprint density at radius 2 is 2.08 bits per heavy atom. The van der Waals surface area contributed by atoms with Crippen LogP contribution in [0.1, 0.15) is 24.6 Å². The van der Waals surface area contributed by atoms with Gasteiger partial charge in [-0.25, -0.2) is 4.79 Å². The van der Waals surface area contributed by atoms with E-state index in [4.69, 9.17) is 14.6 Å². The molecule has 0 unspecified atom stereocenters. The molecule has 1 spiro atoms. The SMILES string of the molecule is C[C@H]1[C@H]([Si](C)(C)F)[C@@H](CCn2cc(CCO)nn2)O[C@]12C(=O)N(C)c1ccc(N3CCOC3=O)cc12. The van der Waals surface area contributed by atoms with Gasteiger partial charge < -0.3 is 23.6 Å². The second-order valence-electron chi connectivity index (χ2n) is 10.3. The molecule has 10 nitrogen and oxygen atoms in total. The Morgan fingerprint density at radius 3 is 2.75 bits per heavy atom. The Hall–Kier alpha value is -2.83. The second kappa shape index (κ2) is 8.93. The first kappa shape index (κ1) is 24.8. The van der Waals surface area contributed by atoms with Crippen LogP contribution >= 0.6 is 0 Å². The molecule has 5 rings (SSSR count). The summed E-state index contributed by atoms with van der Waals surface area (Å²) in [6.07, 6.45) is 1.72. The number of aliphatic hydroxyl groups excluding tert-OH is 1. The van der Waals surface area contributed by atoms with E-state index >= 15 is 4.11 Å². The van der Waals surface area contributed by atoms with Crippen LogP contribution in [-0.4, -0.2) is 73.4 Å². The maximum atomic E-state index is 15.8. The Balaban J connectivity index is 1.50. The van der Waals surface area contributed by atoms with Crippen molar-refractivity contribution in [3.63, 3.8) is 0 Å². The third kappa shape index (κ3) is 3.82. The van der Waals surface area contributed by atoms with Crippen molar-refractivity contribution in [1.82, 2.24) is 15.0 Å². The molecule has 0 aliphatic carbocycles. The van der Waals surface area contributed by atoms with Crippen molar-refractivity contribution in [2.45, 2.75) is 56.7 Å². The number of likely N-dealkylation sites (N-methyl/N-ethyl adjacent to an activating group) is 1. The molecule has 0 radical (unpaired) electrons. The van der Waals surface area contributed by atoms with Gasteiger partial charge in [-0.15, -0.1) is 5.10 Å². The number of aryl methyl sites for hydroxylation is 1. The monoisotopic (exact) mass is 517 g/mol. The number of carbonyl (C=O) groups is 2. The Kier molecular flexibility index (Phi) is 6.16. The van der Waals surface area contributed by atoms with Gasteiger partial charge in [0.1, 0.15) is 6.61 Å². The molecule has 4 atom stereocenters. The number of halogens is 1. The molecule has 36 heavy (non-hydrogen) atoms. The smallest absolute Gasteiger partial charge is 0.414 e. The summed E-state index contributed by atoms with van der Waals surface area (Å²) < 4.78 is 29.3. The molecule has 3 aliphatic rings. The van der Waals surface area contributed by atoms with Gasteiger partial charge in [0.2, 0.25) is 8.41 Å². The second-order valence-corrected chi connectivity index (χ2v) is 14.1. The minimum absolute atomic E-state index is 0.0135. The normalized spacial score (nSPS) is 27.9. The van der Waals surface area contributed by atoms with Crippen LogP contribution < -0.4 is 9.80 Å². The van der Waals surface area contributed by atoms with Crippen LogP contribution in [0.2, 0.25) is 18.6 Å². The molecule has 2 aromatic rings. The van der Waals surface area contributed by atoms with Gasteiger partial charge in [0, 0.05) is 55.5 Å². The molecule has 1 aromatic carbocycles. The zero-order valence-corrected chi connectivity index (χ0v) is 22.0. The first-order valence-corrected chi connectivity index (χ1v) is 15.3. The van der Waals surface area contributed by atoms with E-state index in [0.29, 0.717) is 55.2 Å². The molecular formula is C24H32FN5O5Si. The van der Waals surface area contributed by atoms with Gasteiger partial charge in [-0.2, -0.15) is 0 Å². The number of rotatable bonds is 7.